The Morgan fingerprint density at radius 2 is 1.76 bits per heavy atom. The van der Waals surface area contributed by atoms with E-state index in [9.17, 15) is 4.79 Å². The molecule has 2 amide bonds. The van der Waals surface area contributed by atoms with Crippen molar-refractivity contribution in [3.63, 3.8) is 0 Å². The molecule has 0 saturated carbocycles. The molecule has 1 spiro atoms. The smallest absolute Gasteiger partial charge is 0.320 e. The van der Waals surface area contributed by atoms with E-state index in [4.69, 9.17) is 32.9 Å². The number of H-pyrrole nitrogens is 1. The van der Waals surface area contributed by atoms with Crippen LogP contribution in [0.2, 0.25) is 10.0 Å². The van der Waals surface area contributed by atoms with E-state index in [-0.39, 0.29) is 17.6 Å². The van der Waals surface area contributed by atoms with Gasteiger partial charge >= 0.3 is 6.03 Å². The maximum Gasteiger partial charge on any atom is 0.320 e. The van der Waals surface area contributed by atoms with Crippen molar-refractivity contribution in [3.05, 3.63) is 64.5 Å². The van der Waals surface area contributed by atoms with Gasteiger partial charge in [0, 0.05) is 92.9 Å². The van der Waals surface area contributed by atoms with Gasteiger partial charge in [0.15, 0.2) is 0 Å². The van der Waals surface area contributed by atoms with Crippen LogP contribution in [-0.4, -0.2) is 88.4 Å². The Morgan fingerprint density at radius 3 is 2.46 bits per heavy atom. The van der Waals surface area contributed by atoms with Crippen molar-refractivity contribution >= 4 is 46.0 Å². The minimum absolute atomic E-state index is 0.178. The number of anilines is 1. The van der Waals surface area contributed by atoms with Gasteiger partial charge in [-0.2, -0.15) is 5.10 Å². The third kappa shape index (κ3) is 4.83. The fourth-order valence-electron chi connectivity index (χ4n) is 6.15. The van der Waals surface area contributed by atoms with Crippen LogP contribution in [0.4, 0.5) is 10.6 Å². The predicted molar refractivity (Wildman–Crippen MR) is 159 cm³/mol. The average Bonchev–Trinajstić information content (AvgIpc) is 3.35. The van der Waals surface area contributed by atoms with Crippen molar-refractivity contribution in [2.45, 2.75) is 13.0 Å². The highest BCUT2D eigenvalue weighted by Crippen LogP contribution is 2.42. The molecule has 12 heteroatoms. The van der Waals surface area contributed by atoms with E-state index in [1.807, 2.05) is 47.2 Å². The number of piperazine rings is 1. The minimum atomic E-state index is -0.366. The molecule has 3 aliphatic rings. The second kappa shape index (κ2) is 10.3. The van der Waals surface area contributed by atoms with Crippen LogP contribution in [0.5, 0.6) is 5.75 Å². The van der Waals surface area contributed by atoms with Crippen molar-refractivity contribution in [1.29, 1.82) is 0 Å². The Hall–Kier alpha value is -3.60. The van der Waals surface area contributed by atoms with Crippen LogP contribution in [0.15, 0.2) is 48.9 Å². The molecule has 0 radical (unpaired) electrons. The summed E-state index contributed by atoms with van der Waals surface area (Å²) in [6.45, 7) is 8.72. The summed E-state index contributed by atoms with van der Waals surface area (Å²) < 4.78 is 6.20. The predicted octanol–water partition coefficient (Wildman–Crippen LogP) is 4.61. The first-order valence-electron chi connectivity index (χ1n) is 13.8. The zero-order valence-corrected chi connectivity index (χ0v) is 24.1. The number of carbonyl (C=O) groups excluding carboxylic acids is 1. The Bertz CT molecular complexity index is 1570. The van der Waals surface area contributed by atoms with Gasteiger partial charge in [0.1, 0.15) is 23.4 Å². The van der Waals surface area contributed by atoms with Crippen molar-refractivity contribution in [1.82, 2.24) is 35.3 Å². The summed E-state index contributed by atoms with van der Waals surface area (Å²) in [5.41, 5.74) is 3.51. The lowest BCUT2D eigenvalue weighted by atomic mass is 9.73. The first kappa shape index (κ1) is 26.3. The summed E-state index contributed by atoms with van der Waals surface area (Å²) in [7, 11) is 0. The number of halogens is 2. The summed E-state index contributed by atoms with van der Waals surface area (Å²) in [6.07, 6.45) is 4.62. The molecule has 0 bridgehead atoms. The molecule has 3 fully saturated rings. The van der Waals surface area contributed by atoms with Gasteiger partial charge in [0.25, 0.3) is 0 Å². The molecule has 7 rings (SSSR count). The first-order chi connectivity index (χ1) is 19.9. The summed E-state index contributed by atoms with van der Waals surface area (Å²) in [5, 5.41) is 12.8. The van der Waals surface area contributed by atoms with Crippen molar-refractivity contribution < 1.29 is 9.53 Å². The zero-order valence-electron chi connectivity index (χ0n) is 22.6. The van der Waals surface area contributed by atoms with Crippen molar-refractivity contribution in [2.24, 2.45) is 5.41 Å². The number of pyridine rings is 2. The molecule has 0 aliphatic carbocycles. The van der Waals surface area contributed by atoms with Crippen molar-refractivity contribution in [2.75, 3.05) is 57.3 Å². The monoisotopic (exact) mass is 592 g/mol. The van der Waals surface area contributed by atoms with Gasteiger partial charge < -0.3 is 24.8 Å². The Morgan fingerprint density at radius 1 is 1.00 bits per heavy atom. The highest BCUT2D eigenvalue weighted by atomic mass is 35.5. The van der Waals surface area contributed by atoms with E-state index in [1.165, 1.54) is 0 Å². The highest BCUT2D eigenvalue weighted by Gasteiger charge is 2.54. The number of likely N-dealkylation sites (tertiary alicyclic amines) is 1. The summed E-state index contributed by atoms with van der Waals surface area (Å²) >= 11 is 12.7. The van der Waals surface area contributed by atoms with E-state index in [0.717, 1.165) is 80.3 Å². The Labute approximate surface area is 247 Å². The Kier molecular flexibility index (Phi) is 6.64. The number of amides is 2. The molecular formula is C29H30Cl2N8O2. The van der Waals surface area contributed by atoms with Gasteiger partial charge in [-0.05, 0) is 37.3 Å². The lowest BCUT2D eigenvalue weighted by Gasteiger charge is -2.60. The maximum atomic E-state index is 12.7. The van der Waals surface area contributed by atoms with Crippen LogP contribution in [0.1, 0.15) is 18.6 Å². The number of carbonyl (C=O) groups is 1. The standard InChI is InChI=1S/C29H30Cl2N8O2/c1-18(26-22(30)12-33-13-23(26)31)41-20-3-4-24-21(10-20)27(36-35-24)19-2-5-25(34-11-19)38-14-29(15-38)16-39(17-29)28(40)37-8-6-32-7-9-37/h2-5,10-13,18,32H,6-9,14-17H2,1H3,(H,35,36)/t18-/m1/s1. The number of nitrogens with one attached hydrogen (secondary N) is 2. The molecule has 1 aromatic carbocycles. The number of rotatable bonds is 5. The van der Waals surface area contributed by atoms with Gasteiger partial charge in [0.2, 0.25) is 0 Å². The second-order valence-electron chi connectivity index (χ2n) is 11.2. The summed E-state index contributed by atoms with van der Waals surface area (Å²) in [6, 6.07) is 10.1. The molecule has 3 aromatic heterocycles. The minimum Gasteiger partial charge on any atom is -0.486 e. The number of fused-ring (bicyclic) bond motifs is 1. The van der Waals surface area contributed by atoms with Crippen LogP contribution in [0.25, 0.3) is 22.2 Å². The molecule has 6 heterocycles. The van der Waals surface area contributed by atoms with E-state index >= 15 is 0 Å². The van der Waals surface area contributed by atoms with Crippen LogP contribution in [-0.2, 0) is 0 Å². The van der Waals surface area contributed by atoms with Crippen LogP contribution >= 0.6 is 23.2 Å². The lowest BCUT2D eigenvalue weighted by molar-refractivity contribution is -0.00527. The lowest BCUT2D eigenvalue weighted by Crippen LogP contribution is -2.74. The number of nitrogens with zero attached hydrogens (tertiary/aromatic N) is 6. The third-order valence-electron chi connectivity index (χ3n) is 8.25. The molecule has 2 N–H and O–H groups in total. The molecular weight excluding hydrogens is 563 g/mol. The number of aromatic amines is 1. The van der Waals surface area contributed by atoms with E-state index in [0.29, 0.717) is 21.4 Å². The Balaban J connectivity index is 1.00. The fraction of sp³-hybridized carbons (Fsp3) is 0.379. The molecule has 3 saturated heterocycles. The molecule has 212 valence electrons. The quantitative estimate of drug-likeness (QED) is 0.349. The molecule has 0 unspecified atom stereocenters. The second-order valence-corrected chi connectivity index (χ2v) is 12.0. The number of benzene rings is 1. The molecule has 41 heavy (non-hydrogen) atoms. The number of ether oxygens (including phenoxy) is 1. The van der Waals surface area contributed by atoms with Crippen LogP contribution < -0.4 is 15.0 Å². The van der Waals surface area contributed by atoms with Gasteiger partial charge in [-0.1, -0.05) is 23.2 Å². The van der Waals surface area contributed by atoms with E-state index in [1.54, 1.807) is 12.4 Å². The van der Waals surface area contributed by atoms with Gasteiger partial charge in [-0.25, -0.2) is 9.78 Å². The fourth-order valence-corrected chi connectivity index (χ4v) is 6.82. The van der Waals surface area contributed by atoms with E-state index in [2.05, 4.69) is 31.5 Å². The van der Waals surface area contributed by atoms with Gasteiger partial charge in [-0.3, -0.25) is 10.1 Å². The number of hydrogen-bond acceptors (Lipinski definition) is 7. The van der Waals surface area contributed by atoms with E-state index < -0.39 is 0 Å². The largest absolute Gasteiger partial charge is 0.486 e. The topological polar surface area (TPSA) is 103 Å². The number of aromatic nitrogens is 4. The summed E-state index contributed by atoms with van der Waals surface area (Å²) in [5.74, 6) is 1.62. The molecule has 4 aromatic rings. The number of hydrogen-bond donors (Lipinski definition) is 2. The SMILES string of the molecule is C[C@@H](Oc1ccc2[nH]nc(-c3ccc(N4CC5(CN(C(=O)N6CCNCC6)C5)C4)nc3)c2c1)c1c(Cl)cncc1Cl. The maximum absolute atomic E-state index is 12.7. The van der Waals surface area contributed by atoms with Crippen molar-refractivity contribution in [3.8, 4) is 17.0 Å². The normalized spacial score (nSPS) is 18.8. The van der Waals surface area contributed by atoms with Crippen LogP contribution in [0, 0.1) is 5.41 Å². The van der Waals surface area contributed by atoms with Gasteiger partial charge in [-0.15, -0.1) is 0 Å². The molecule has 1 atom stereocenters. The zero-order chi connectivity index (χ0) is 28.1. The average molecular weight is 594 g/mol. The molecule has 10 nitrogen and oxygen atoms in total. The number of urea groups is 1. The highest BCUT2D eigenvalue weighted by molar-refractivity contribution is 6.35. The first-order valence-corrected chi connectivity index (χ1v) is 14.5. The summed E-state index contributed by atoms with van der Waals surface area (Å²) in [4.78, 5) is 27.7. The van der Waals surface area contributed by atoms with Crippen LogP contribution in [0.3, 0.4) is 0 Å². The molecule has 3 aliphatic heterocycles. The third-order valence-corrected chi connectivity index (χ3v) is 8.85. The van der Waals surface area contributed by atoms with Gasteiger partial charge in [0.05, 0.1) is 15.6 Å².